The first-order valence-corrected chi connectivity index (χ1v) is 11.2. The number of aliphatic hydroxyl groups is 1. The van der Waals surface area contributed by atoms with Gasteiger partial charge in [-0.05, 0) is 35.4 Å². The number of carbonyl (C=O) groups is 1. The molecule has 1 unspecified atom stereocenters. The Balaban J connectivity index is 1.33. The first-order valence-electron chi connectivity index (χ1n) is 10.4. The summed E-state index contributed by atoms with van der Waals surface area (Å²) in [6.45, 7) is 1.79. The van der Waals surface area contributed by atoms with Crippen molar-refractivity contribution < 1.29 is 14.6 Å². The molecular formula is C26H24N2O3S. The van der Waals surface area contributed by atoms with Gasteiger partial charge in [-0.3, -0.25) is 4.79 Å². The second-order valence-corrected chi connectivity index (χ2v) is 8.30. The van der Waals surface area contributed by atoms with Crippen LogP contribution in [0.15, 0.2) is 91.0 Å². The molecule has 32 heavy (non-hydrogen) atoms. The number of Topliss-reactive ketones (excluding diaryl/α,β-unsaturated/α-hetero) is 1. The fourth-order valence-corrected chi connectivity index (χ4v) is 4.15. The number of pyridine rings is 1. The van der Waals surface area contributed by atoms with Crippen LogP contribution in [0.3, 0.4) is 0 Å². The van der Waals surface area contributed by atoms with Crippen molar-refractivity contribution >= 4 is 22.9 Å². The highest BCUT2D eigenvalue weighted by Gasteiger charge is 2.21. The number of aliphatic hydroxyl groups excluding tert-OH is 1. The van der Waals surface area contributed by atoms with Gasteiger partial charge in [-0.25, -0.2) is 4.98 Å². The highest BCUT2D eigenvalue weighted by atomic mass is 32.1. The van der Waals surface area contributed by atoms with Crippen LogP contribution in [-0.2, 0) is 11.3 Å². The van der Waals surface area contributed by atoms with Gasteiger partial charge in [0.1, 0.15) is 11.9 Å². The van der Waals surface area contributed by atoms with Crippen LogP contribution in [0.25, 0.3) is 10.6 Å². The van der Waals surface area contributed by atoms with Crippen molar-refractivity contribution in [3.8, 4) is 10.6 Å². The molecule has 1 atom stereocenters. The smallest absolute Gasteiger partial charge is 0.205 e. The van der Waals surface area contributed by atoms with E-state index >= 15 is 0 Å². The van der Waals surface area contributed by atoms with Gasteiger partial charge in [-0.15, -0.1) is 11.3 Å². The lowest BCUT2D eigenvalue weighted by Gasteiger charge is -2.08. The molecule has 0 fully saturated rings. The summed E-state index contributed by atoms with van der Waals surface area (Å²) >= 11 is 1.33. The molecule has 0 saturated carbocycles. The third-order valence-electron chi connectivity index (χ3n) is 4.88. The van der Waals surface area contributed by atoms with Gasteiger partial charge in [0.2, 0.25) is 5.78 Å². The number of anilines is 1. The summed E-state index contributed by atoms with van der Waals surface area (Å²) in [5, 5.41) is 13.7. The Morgan fingerprint density at radius 2 is 1.69 bits per heavy atom. The normalized spacial score (nSPS) is 11.8. The standard InChI is InChI=1S/C26H24N2O3S/c29-25(20-10-5-2-6-11-20)26(30)23-15-14-22(32-23)21-12-7-13-24(28-21)27-16-17-31-18-19-8-3-1-4-9-19/h1-15,25,29H,16-18H2,(H,27,28). The number of ketones is 1. The van der Waals surface area contributed by atoms with E-state index in [1.165, 1.54) is 11.3 Å². The zero-order chi connectivity index (χ0) is 22.2. The predicted octanol–water partition coefficient (Wildman–Crippen LogP) is 5.36. The molecule has 4 aromatic rings. The summed E-state index contributed by atoms with van der Waals surface area (Å²) in [6.07, 6.45) is -1.17. The van der Waals surface area contributed by atoms with Crippen LogP contribution < -0.4 is 5.32 Å². The molecule has 2 N–H and O–H groups in total. The Labute approximate surface area is 191 Å². The summed E-state index contributed by atoms with van der Waals surface area (Å²) in [7, 11) is 0. The van der Waals surface area contributed by atoms with E-state index in [2.05, 4.69) is 10.3 Å². The molecule has 0 aliphatic heterocycles. The molecule has 0 spiro atoms. The zero-order valence-electron chi connectivity index (χ0n) is 17.5. The van der Waals surface area contributed by atoms with E-state index in [-0.39, 0.29) is 5.78 Å². The van der Waals surface area contributed by atoms with E-state index < -0.39 is 6.10 Å². The van der Waals surface area contributed by atoms with Crippen molar-refractivity contribution in [3.63, 3.8) is 0 Å². The van der Waals surface area contributed by atoms with E-state index in [4.69, 9.17) is 4.74 Å². The van der Waals surface area contributed by atoms with Gasteiger partial charge < -0.3 is 15.2 Å². The number of nitrogens with zero attached hydrogens (tertiary/aromatic N) is 1. The summed E-state index contributed by atoms with van der Waals surface area (Å²) in [5.41, 5.74) is 2.51. The molecule has 0 saturated heterocycles. The number of hydrogen-bond acceptors (Lipinski definition) is 6. The Morgan fingerprint density at radius 3 is 2.47 bits per heavy atom. The van der Waals surface area contributed by atoms with Crippen LogP contribution in [0, 0.1) is 0 Å². The number of nitrogens with one attached hydrogen (secondary N) is 1. The van der Waals surface area contributed by atoms with Crippen LogP contribution in [0.4, 0.5) is 5.82 Å². The van der Waals surface area contributed by atoms with Gasteiger partial charge in [0, 0.05) is 6.54 Å². The highest BCUT2D eigenvalue weighted by molar-refractivity contribution is 7.17. The van der Waals surface area contributed by atoms with Gasteiger partial charge in [-0.2, -0.15) is 0 Å². The van der Waals surface area contributed by atoms with Gasteiger partial charge in [0.25, 0.3) is 0 Å². The third kappa shape index (κ3) is 5.68. The highest BCUT2D eigenvalue weighted by Crippen LogP contribution is 2.30. The lowest BCUT2D eigenvalue weighted by atomic mass is 10.1. The van der Waals surface area contributed by atoms with E-state index in [9.17, 15) is 9.90 Å². The predicted molar refractivity (Wildman–Crippen MR) is 128 cm³/mol. The van der Waals surface area contributed by atoms with Crippen molar-refractivity contribution in [2.24, 2.45) is 0 Å². The summed E-state index contributed by atoms with van der Waals surface area (Å²) in [4.78, 5) is 18.7. The third-order valence-corrected chi connectivity index (χ3v) is 6.00. The van der Waals surface area contributed by atoms with Gasteiger partial charge in [0.15, 0.2) is 0 Å². The van der Waals surface area contributed by atoms with Crippen molar-refractivity contribution in [1.29, 1.82) is 0 Å². The largest absolute Gasteiger partial charge is 0.380 e. The van der Waals surface area contributed by atoms with Crippen LogP contribution in [-0.4, -0.2) is 29.0 Å². The number of ether oxygens (including phenoxy) is 1. The van der Waals surface area contributed by atoms with E-state index in [1.54, 1.807) is 30.3 Å². The quantitative estimate of drug-likeness (QED) is 0.255. The molecule has 4 rings (SSSR count). The number of aromatic nitrogens is 1. The number of rotatable bonds is 10. The number of carbonyl (C=O) groups excluding carboxylic acids is 1. The fraction of sp³-hybridized carbons (Fsp3) is 0.154. The van der Waals surface area contributed by atoms with Crippen molar-refractivity contribution in [3.05, 3.63) is 107 Å². The Bertz CT molecular complexity index is 1150. The molecule has 0 radical (unpaired) electrons. The van der Waals surface area contributed by atoms with Crippen molar-refractivity contribution in [2.75, 3.05) is 18.5 Å². The van der Waals surface area contributed by atoms with E-state index in [0.717, 1.165) is 22.0 Å². The molecule has 0 amide bonds. The molecule has 6 heteroatoms. The van der Waals surface area contributed by atoms with Crippen LogP contribution in [0.1, 0.15) is 26.9 Å². The Morgan fingerprint density at radius 1 is 0.938 bits per heavy atom. The average Bonchev–Trinajstić information content (AvgIpc) is 3.35. The van der Waals surface area contributed by atoms with Crippen LogP contribution in [0.5, 0.6) is 0 Å². The lowest BCUT2D eigenvalue weighted by Crippen LogP contribution is -2.10. The maximum Gasteiger partial charge on any atom is 0.205 e. The molecule has 0 aliphatic carbocycles. The Kier molecular flexibility index (Phi) is 7.40. The molecule has 0 aliphatic rings. The molecule has 0 bridgehead atoms. The minimum atomic E-state index is -1.17. The van der Waals surface area contributed by atoms with Gasteiger partial charge >= 0.3 is 0 Å². The van der Waals surface area contributed by atoms with Crippen LogP contribution >= 0.6 is 11.3 Å². The van der Waals surface area contributed by atoms with Crippen molar-refractivity contribution in [1.82, 2.24) is 4.98 Å². The monoisotopic (exact) mass is 444 g/mol. The first-order chi connectivity index (χ1) is 15.7. The van der Waals surface area contributed by atoms with Crippen LogP contribution in [0.2, 0.25) is 0 Å². The number of benzene rings is 2. The molecule has 162 valence electrons. The fourth-order valence-electron chi connectivity index (χ4n) is 3.22. The maximum atomic E-state index is 12.7. The second kappa shape index (κ2) is 10.8. The minimum Gasteiger partial charge on any atom is -0.380 e. The minimum absolute atomic E-state index is 0.308. The first kappa shape index (κ1) is 21.9. The topological polar surface area (TPSA) is 71.5 Å². The SMILES string of the molecule is O=C(c1ccc(-c2cccc(NCCOCc3ccccc3)n2)s1)C(O)c1ccccc1. The summed E-state index contributed by atoms with van der Waals surface area (Å²) in [5.74, 6) is 0.439. The number of thiophene rings is 1. The molecule has 5 nitrogen and oxygen atoms in total. The van der Waals surface area contributed by atoms with E-state index in [0.29, 0.717) is 30.2 Å². The average molecular weight is 445 g/mol. The maximum absolute atomic E-state index is 12.7. The van der Waals surface area contributed by atoms with Crippen molar-refractivity contribution in [2.45, 2.75) is 12.7 Å². The van der Waals surface area contributed by atoms with Gasteiger partial charge in [0.05, 0.1) is 28.7 Å². The molecule has 2 heterocycles. The number of hydrogen-bond donors (Lipinski definition) is 2. The molecular weight excluding hydrogens is 420 g/mol. The Hall–Kier alpha value is -3.32. The summed E-state index contributed by atoms with van der Waals surface area (Å²) in [6, 6.07) is 28.4. The molecule has 2 aromatic carbocycles. The van der Waals surface area contributed by atoms with E-state index in [1.807, 2.05) is 60.7 Å². The zero-order valence-corrected chi connectivity index (χ0v) is 18.3. The molecule has 2 aromatic heterocycles. The summed E-state index contributed by atoms with van der Waals surface area (Å²) < 4.78 is 5.70. The van der Waals surface area contributed by atoms with Gasteiger partial charge in [-0.1, -0.05) is 66.7 Å². The lowest BCUT2D eigenvalue weighted by molar-refractivity contribution is 0.0752. The second-order valence-electron chi connectivity index (χ2n) is 7.21.